The minimum atomic E-state index is 0.254. The minimum Gasteiger partial charge on any atom is -0.268 e. The number of hydrogen-bond acceptors (Lipinski definition) is 2. The molecule has 0 amide bonds. The summed E-state index contributed by atoms with van der Waals surface area (Å²) in [4.78, 5) is 0. The molecule has 0 unspecified atom stereocenters. The van der Waals surface area contributed by atoms with Crippen LogP contribution in [-0.4, -0.2) is 11.6 Å². The molecule has 0 aliphatic heterocycles. The van der Waals surface area contributed by atoms with E-state index < -0.39 is 0 Å². The lowest BCUT2D eigenvalue weighted by atomic mass is 9.96. The smallest absolute Gasteiger partial charge is 0.0379 e. The van der Waals surface area contributed by atoms with Crippen molar-refractivity contribution in [2.45, 2.75) is 27.3 Å². The lowest BCUT2D eigenvalue weighted by molar-refractivity contribution is 0.187. The van der Waals surface area contributed by atoms with Gasteiger partial charge in [-0.1, -0.05) is 51.1 Å². The molecule has 0 saturated carbocycles. The van der Waals surface area contributed by atoms with E-state index in [-0.39, 0.29) is 5.41 Å². The first kappa shape index (κ1) is 11.2. The van der Waals surface area contributed by atoms with Gasteiger partial charge in [0, 0.05) is 13.1 Å². The van der Waals surface area contributed by atoms with Crippen LogP contribution in [0.1, 0.15) is 26.3 Å². The van der Waals surface area contributed by atoms with Gasteiger partial charge in [-0.25, -0.2) is 5.01 Å². The summed E-state index contributed by atoms with van der Waals surface area (Å²) in [6.07, 6.45) is 0. The number of hydrazine groups is 1. The lowest BCUT2D eigenvalue weighted by Crippen LogP contribution is -2.37. The monoisotopic (exact) mass is 192 g/mol. The van der Waals surface area contributed by atoms with Crippen molar-refractivity contribution in [3.63, 3.8) is 0 Å². The highest BCUT2D eigenvalue weighted by Crippen LogP contribution is 2.14. The summed E-state index contributed by atoms with van der Waals surface area (Å²) in [5.41, 5.74) is 1.52. The molecule has 0 aromatic heterocycles. The third-order valence-electron chi connectivity index (χ3n) is 1.91. The van der Waals surface area contributed by atoms with Crippen LogP contribution in [0.4, 0.5) is 0 Å². The van der Waals surface area contributed by atoms with Crippen LogP contribution >= 0.6 is 0 Å². The van der Waals surface area contributed by atoms with Gasteiger partial charge in [0.1, 0.15) is 0 Å². The Morgan fingerprint density at radius 2 is 1.71 bits per heavy atom. The molecule has 1 aromatic carbocycles. The summed E-state index contributed by atoms with van der Waals surface area (Å²) in [5, 5.41) is 1.87. The number of nitrogens with zero attached hydrogens (tertiary/aromatic N) is 1. The molecule has 14 heavy (non-hydrogen) atoms. The Labute approximate surface area is 86.7 Å². The fourth-order valence-electron chi connectivity index (χ4n) is 1.48. The van der Waals surface area contributed by atoms with Crippen molar-refractivity contribution in [2.75, 3.05) is 6.54 Å². The van der Waals surface area contributed by atoms with E-state index in [2.05, 4.69) is 32.9 Å². The molecule has 2 nitrogen and oxygen atoms in total. The highest BCUT2D eigenvalue weighted by atomic mass is 15.4. The summed E-state index contributed by atoms with van der Waals surface area (Å²) in [6, 6.07) is 10.3. The van der Waals surface area contributed by atoms with Gasteiger partial charge in [0.05, 0.1) is 0 Å². The molecule has 78 valence electrons. The molecule has 0 saturated heterocycles. The summed E-state index contributed by atoms with van der Waals surface area (Å²) in [5.74, 6) is 5.93. The van der Waals surface area contributed by atoms with Crippen molar-refractivity contribution in [1.29, 1.82) is 0 Å². The molecule has 2 N–H and O–H groups in total. The van der Waals surface area contributed by atoms with Crippen molar-refractivity contribution in [1.82, 2.24) is 5.01 Å². The Bertz CT molecular complexity index is 261. The molecule has 1 aromatic rings. The van der Waals surface area contributed by atoms with Crippen LogP contribution in [0.2, 0.25) is 0 Å². The SMILES string of the molecule is CC(C)(C)CN(N)Cc1ccccc1. The topological polar surface area (TPSA) is 29.3 Å². The Morgan fingerprint density at radius 1 is 1.14 bits per heavy atom. The predicted molar refractivity (Wildman–Crippen MR) is 60.5 cm³/mol. The van der Waals surface area contributed by atoms with Gasteiger partial charge in [0.15, 0.2) is 0 Å². The highest BCUT2D eigenvalue weighted by Gasteiger charge is 2.13. The number of hydrogen-bond donors (Lipinski definition) is 1. The van der Waals surface area contributed by atoms with Gasteiger partial charge >= 0.3 is 0 Å². The molecule has 0 radical (unpaired) electrons. The second-order valence-electron chi connectivity index (χ2n) is 4.95. The first-order valence-electron chi connectivity index (χ1n) is 5.01. The number of benzene rings is 1. The van der Waals surface area contributed by atoms with Gasteiger partial charge < -0.3 is 0 Å². The first-order chi connectivity index (χ1) is 6.47. The van der Waals surface area contributed by atoms with Crippen molar-refractivity contribution in [3.8, 4) is 0 Å². The molecule has 0 fully saturated rings. The lowest BCUT2D eigenvalue weighted by Gasteiger charge is -2.25. The second kappa shape index (κ2) is 4.58. The van der Waals surface area contributed by atoms with Gasteiger partial charge in [-0.15, -0.1) is 0 Å². The van der Waals surface area contributed by atoms with Crippen LogP contribution < -0.4 is 5.84 Å². The minimum absolute atomic E-state index is 0.254. The van der Waals surface area contributed by atoms with Crippen molar-refractivity contribution < 1.29 is 0 Å². The maximum Gasteiger partial charge on any atom is 0.0379 e. The number of rotatable bonds is 3. The largest absolute Gasteiger partial charge is 0.268 e. The summed E-state index contributed by atoms with van der Waals surface area (Å²) in [6.45, 7) is 8.30. The van der Waals surface area contributed by atoms with Gasteiger partial charge in [-0.05, 0) is 11.0 Å². The van der Waals surface area contributed by atoms with Crippen LogP contribution in [0.25, 0.3) is 0 Å². The zero-order valence-electron chi connectivity index (χ0n) is 9.33. The molecule has 1 rings (SSSR count). The van der Waals surface area contributed by atoms with E-state index in [9.17, 15) is 0 Å². The third-order valence-corrected chi connectivity index (χ3v) is 1.91. The molecule has 0 aliphatic carbocycles. The molecule has 0 spiro atoms. The van der Waals surface area contributed by atoms with E-state index in [1.807, 2.05) is 23.2 Å². The molecule has 0 aliphatic rings. The van der Waals surface area contributed by atoms with E-state index in [1.54, 1.807) is 0 Å². The van der Waals surface area contributed by atoms with E-state index in [4.69, 9.17) is 5.84 Å². The zero-order chi connectivity index (χ0) is 10.6. The van der Waals surface area contributed by atoms with Crippen LogP contribution in [0.3, 0.4) is 0 Å². The Balaban J connectivity index is 2.46. The maximum absolute atomic E-state index is 5.93. The fraction of sp³-hybridized carbons (Fsp3) is 0.500. The average Bonchev–Trinajstić information content (AvgIpc) is 2.02. The van der Waals surface area contributed by atoms with Crippen LogP contribution in [0.5, 0.6) is 0 Å². The fourth-order valence-corrected chi connectivity index (χ4v) is 1.48. The van der Waals surface area contributed by atoms with Gasteiger partial charge in [0.25, 0.3) is 0 Å². The Hall–Kier alpha value is -0.860. The van der Waals surface area contributed by atoms with E-state index in [0.29, 0.717) is 0 Å². The van der Waals surface area contributed by atoms with Crippen LogP contribution in [-0.2, 0) is 6.54 Å². The Kier molecular flexibility index (Phi) is 3.67. The summed E-state index contributed by atoms with van der Waals surface area (Å²) in [7, 11) is 0. The molecule has 0 heterocycles. The summed E-state index contributed by atoms with van der Waals surface area (Å²) < 4.78 is 0. The molecular weight excluding hydrogens is 172 g/mol. The van der Waals surface area contributed by atoms with Crippen molar-refractivity contribution in [3.05, 3.63) is 35.9 Å². The average molecular weight is 192 g/mol. The van der Waals surface area contributed by atoms with Gasteiger partial charge in [0.2, 0.25) is 0 Å². The zero-order valence-corrected chi connectivity index (χ0v) is 9.33. The van der Waals surface area contributed by atoms with Crippen LogP contribution in [0.15, 0.2) is 30.3 Å². The standard InChI is InChI=1S/C12H20N2/c1-12(2,3)10-14(13)9-11-7-5-4-6-8-11/h4-8H,9-10,13H2,1-3H3. The summed E-state index contributed by atoms with van der Waals surface area (Å²) >= 11 is 0. The molecule has 0 atom stereocenters. The maximum atomic E-state index is 5.93. The number of nitrogens with two attached hydrogens (primary N) is 1. The van der Waals surface area contributed by atoms with E-state index in [1.165, 1.54) is 5.56 Å². The van der Waals surface area contributed by atoms with Crippen molar-refractivity contribution >= 4 is 0 Å². The normalized spacial score (nSPS) is 12.1. The quantitative estimate of drug-likeness (QED) is 0.588. The van der Waals surface area contributed by atoms with Crippen molar-refractivity contribution in [2.24, 2.45) is 11.3 Å². The first-order valence-corrected chi connectivity index (χ1v) is 5.01. The van der Waals surface area contributed by atoms with Crippen LogP contribution in [0, 0.1) is 5.41 Å². The van der Waals surface area contributed by atoms with E-state index in [0.717, 1.165) is 13.1 Å². The highest BCUT2D eigenvalue weighted by molar-refractivity contribution is 5.14. The third kappa shape index (κ3) is 4.40. The molecule has 2 heteroatoms. The molecular formula is C12H20N2. The van der Waals surface area contributed by atoms with Gasteiger partial charge in [-0.3, -0.25) is 5.84 Å². The van der Waals surface area contributed by atoms with Gasteiger partial charge in [-0.2, -0.15) is 0 Å². The molecule has 0 bridgehead atoms. The Morgan fingerprint density at radius 3 is 2.21 bits per heavy atom. The second-order valence-corrected chi connectivity index (χ2v) is 4.95. The van der Waals surface area contributed by atoms with E-state index >= 15 is 0 Å². The predicted octanol–water partition coefficient (Wildman–Crippen LogP) is 2.41.